The van der Waals surface area contributed by atoms with Gasteiger partial charge in [0.05, 0.1) is 18.6 Å². The van der Waals surface area contributed by atoms with E-state index in [4.69, 9.17) is 9.47 Å². The molecule has 0 spiro atoms. The average molecular weight is 424 g/mol. The van der Waals surface area contributed by atoms with Gasteiger partial charge in [0.25, 0.3) is 0 Å². The first-order valence-electron chi connectivity index (χ1n) is 9.07. The number of carbonyl (C=O) groups excluding carboxylic acids is 4. The minimum Gasteiger partial charge on any atom is -0.464 e. The van der Waals surface area contributed by atoms with Gasteiger partial charge >= 0.3 is 11.9 Å². The minimum atomic E-state index is -1.69. The first-order chi connectivity index (χ1) is 13.4. The van der Waals surface area contributed by atoms with Gasteiger partial charge in [-0.05, 0) is 26.0 Å². The number of likely N-dealkylation sites (tertiary alicyclic amines) is 1. The Morgan fingerprint density at radius 1 is 1.04 bits per heavy atom. The molecule has 1 unspecified atom stereocenters. The number of imide groups is 1. The van der Waals surface area contributed by atoms with E-state index in [9.17, 15) is 19.2 Å². The van der Waals surface area contributed by atoms with E-state index in [0.717, 1.165) is 16.7 Å². The summed E-state index contributed by atoms with van der Waals surface area (Å²) in [5.74, 6) is -2.04. The standard InChI is InChI=1S/C19H21NO6S2/c1-3-25-17(23)19(18(24)26-4-2)11-16(20-14(21)9-10-15(20)22)27-12-7-5-6-8-13(12)28-19/h5-8,16H,3-4,9-11H2,1-2H3. The zero-order valence-electron chi connectivity index (χ0n) is 15.6. The van der Waals surface area contributed by atoms with Gasteiger partial charge in [-0.15, -0.1) is 0 Å². The molecule has 1 atom stereocenters. The predicted octanol–water partition coefficient (Wildman–Crippen LogP) is 2.61. The maximum atomic E-state index is 13.0. The second-order valence-corrected chi connectivity index (χ2v) is 8.81. The van der Waals surface area contributed by atoms with Crippen LogP contribution in [0, 0.1) is 0 Å². The molecule has 2 heterocycles. The zero-order chi connectivity index (χ0) is 20.3. The van der Waals surface area contributed by atoms with Crippen molar-refractivity contribution in [1.29, 1.82) is 0 Å². The van der Waals surface area contributed by atoms with E-state index in [2.05, 4.69) is 0 Å². The minimum absolute atomic E-state index is 0.0772. The van der Waals surface area contributed by atoms with Crippen LogP contribution in [-0.2, 0) is 28.7 Å². The lowest BCUT2D eigenvalue weighted by Gasteiger charge is -2.32. The molecule has 2 aliphatic heterocycles. The smallest absolute Gasteiger partial charge is 0.334 e. The van der Waals surface area contributed by atoms with E-state index >= 15 is 0 Å². The molecule has 0 bridgehead atoms. The summed E-state index contributed by atoms with van der Waals surface area (Å²) in [5, 5.41) is -0.701. The number of esters is 2. The van der Waals surface area contributed by atoms with E-state index < -0.39 is 22.1 Å². The Morgan fingerprint density at radius 2 is 1.57 bits per heavy atom. The SMILES string of the molecule is CCOC(=O)C1(C(=O)OCC)CC(N2C(=O)CCC2=O)Sc2ccccc2S1. The van der Waals surface area contributed by atoms with Gasteiger partial charge < -0.3 is 9.47 Å². The molecule has 150 valence electrons. The van der Waals surface area contributed by atoms with Crippen molar-refractivity contribution in [1.82, 2.24) is 4.90 Å². The average Bonchev–Trinajstić information content (AvgIpc) is 2.90. The highest BCUT2D eigenvalue weighted by atomic mass is 32.2. The lowest BCUT2D eigenvalue weighted by atomic mass is 10.0. The zero-order valence-corrected chi connectivity index (χ0v) is 17.3. The topological polar surface area (TPSA) is 90.0 Å². The van der Waals surface area contributed by atoms with Gasteiger partial charge in [-0.3, -0.25) is 14.5 Å². The normalized spacial score (nSPS) is 21.1. The maximum absolute atomic E-state index is 13.0. The summed E-state index contributed by atoms with van der Waals surface area (Å²) in [7, 11) is 0. The van der Waals surface area contributed by atoms with Crippen molar-refractivity contribution >= 4 is 47.3 Å². The third kappa shape index (κ3) is 3.77. The number of hydrogen-bond acceptors (Lipinski definition) is 8. The molecule has 0 aromatic heterocycles. The Bertz CT molecular complexity index is 777. The summed E-state index contributed by atoms with van der Waals surface area (Å²) in [4.78, 5) is 53.4. The number of thioether (sulfide) groups is 2. The maximum Gasteiger partial charge on any atom is 0.334 e. The number of amides is 2. The molecule has 0 aliphatic carbocycles. The van der Waals surface area contributed by atoms with Crippen LogP contribution in [0.1, 0.15) is 33.1 Å². The van der Waals surface area contributed by atoms with Crippen LogP contribution in [0.25, 0.3) is 0 Å². The molecular formula is C19H21NO6S2. The quantitative estimate of drug-likeness (QED) is 0.406. The molecular weight excluding hydrogens is 402 g/mol. The highest BCUT2D eigenvalue weighted by Gasteiger charge is 2.55. The fourth-order valence-electron chi connectivity index (χ4n) is 3.18. The molecule has 0 radical (unpaired) electrons. The van der Waals surface area contributed by atoms with Crippen molar-refractivity contribution in [3.05, 3.63) is 24.3 Å². The number of nitrogens with zero attached hydrogens (tertiary/aromatic N) is 1. The van der Waals surface area contributed by atoms with Gasteiger partial charge in [0.1, 0.15) is 0 Å². The number of ether oxygens (including phenoxy) is 2. The lowest BCUT2D eigenvalue weighted by Crippen LogP contribution is -2.51. The molecule has 0 saturated carbocycles. The Morgan fingerprint density at radius 3 is 2.11 bits per heavy atom. The van der Waals surface area contributed by atoms with Crippen LogP contribution in [0.3, 0.4) is 0 Å². The van der Waals surface area contributed by atoms with Crippen molar-refractivity contribution in [2.24, 2.45) is 0 Å². The third-order valence-electron chi connectivity index (χ3n) is 4.45. The van der Waals surface area contributed by atoms with Crippen molar-refractivity contribution < 1.29 is 28.7 Å². The van der Waals surface area contributed by atoms with E-state index in [0.29, 0.717) is 4.90 Å². The fraction of sp³-hybridized carbons (Fsp3) is 0.474. The van der Waals surface area contributed by atoms with E-state index in [1.54, 1.807) is 26.0 Å². The van der Waals surface area contributed by atoms with Gasteiger partial charge in [0, 0.05) is 29.1 Å². The summed E-state index contributed by atoms with van der Waals surface area (Å²) >= 11 is 2.37. The van der Waals surface area contributed by atoms with Crippen LogP contribution in [0.5, 0.6) is 0 Å². The van der Waals surface area contributed by atoms with E-state index in [-0.39, 0.29) is 44.3 Å². The molecule has 2 aliphatic rings. The van der Waals surface area contributed by atoms with Crippen LogP contribution in [-0.4, -0.2) is 52.0 Å². The van der Waals surface area contributed by atoms with Gasteiger partial charge in [-0.25, -0.2) is 9.59 Å². The van der Waals surface area contributed by atoms with Gasteiger partial charge in [0.15, 0.2) is 0 Å². The molecule has 28 heavy (non-hydrogen) atoms. The summed E-state index contributed by atoms with van der Waals surface area (Å²) in [6.45, 7) is 3.51. The second-order valence-electron chi connectivity index (χ2n) is 6.25. The van der Waals surface area contributed by atoms with Crippen molar-refractivity contribution in [3.63, 3.8) is 0 Å². The number of carbonyl (C=O) groups is 4. The Hall–Kier alpha value is -2.00. The first-order valence-corrected chi connectivity index (χ1v) is 10.8. The van der Waals surface area contributed by atoms with Crippen LogP contribution < -0.4 is 0 Å². The van der Waals surface area contributed by atoms with Crippen molar-refractivity contribution in [2.75, 3.05) is 13.2 Å². The van der Waals surface area contributed by atoms with E-state index in [1.807, 2.05) is 12.1 Å². The number of fused-ring (bicyclic) bond motifs is 1. The molecule has 7 nitrogen and oxygen atoms in total. The summed E-state index contributed by atoms with van der Waals surface area (Å²) in [5.41, 5.74) is 0. The van der Waals surface area contributed by atoms with Crippen molar-refractivity contribution in [2.45, 2.75) is 53.0 Å². The Balaban J connectivity index is 2.11. The second kappa shape index (κ2) is 8.57. The van der Waals surface area contributed by atoms with E-state index in [1.165, 1.54) is 16.7 Å². The van der Waals surface area contributed by atoms with Gasteiger partial charge in [-0.1, -0.05) is 35.7 Å². The Labute approximate surface area is 171 Å². The van der Waals surface area contributed by atoms with Crippen LogP contribution in [0.2, 0.25) is 0 Å². The highest BCUT2D eigenvalue weighted by Crippen LogP contribution is 2.50. The number of benzene rings is 1. The molecule has 1 saturated heterocycles. The third-order valence-corrected chi connectivity index (χ3v) is 7.26. The summed E-state index contributed by atoms with van der Waals surface area (Å²) in [6.07, 6.45) is 0.194. The highest BCUT2D eigenvalue weighted by molar-refractivity contribution is 8.05. The van der Waals surface area contributed by atoms with Crippen LogP contribution in [0.4, 0.5) is 0 Å². The Kier molecular flexibility index (Phi) is 6.34. The predicted molar refractivity (Wildman–Crippen MR) is 104 cm³/mol. The number of rotatable bonds is 5. The molecule has 2 amide bonds. The summed E-state index contributed by atoms with van der Waals surface area (Å²) < 4.78 is 8.76. The van der Waals surface area contributed by atoms with Crippen LogP contribution in [0.15, 0.2) is 34.1 Å². The first kappa shape index (κ1) is 20.7. The van der Waals surface area contributed by atoms with Crippen LogP contribution >= 0.6 is 23.5 Å². The fourth-order valence-corrected chi connectivity index (χ4v) is 6.08. The largest absolute Gasteiger partial charge is 0.464 e. The molecule has 1 aromatic rings. The monoisotopic (exact) mass is 423 g/mol. The lowest BCUT2D eigenvalue weighted by molar-refractivity contribution is -0.160. The van der Waals surface area contributed by atoms with Gasteiger partial charge in [-0.2, -0.15) is 0 Å². The molecule has 9 heteroatoms. The van der Waals surface area contributed by atoms with Crippen molar-refractivity contribution in [3.8, 4) is 0 Å². The summed E-state index contributed by atoms with van der Waals surface area (Å²) in [6, 6.07) is 7.28. The molecule has 1 fully saturated rings. The number of hydrogen-bond donors (Lipinski definition) is 0. The molecule has 3 rings (SSSR count). The molecule has 1 aromatic carbocycles. The molecule has 0 N–H and O–H groups in total. The van der Waals surface area contributed by atoms with Gasteiger partial charge in [0.2, 0.25) is 16.6 Å².